The van der Waals surface area contributed by atoms with Crippen LogP contribution >= 0.6 is 0 Å². The number of carbonyl (C=O) groups is 1. The minimum Gasteiger partial charge on any atom is -0.487 e. The van der Waals surface area contributed by atoms with E-state index in [2.05, 4.69) is 31.1 Å². The van der Waals surface area contributed by atoms with Crippen LogP contribution in [0.1, 0.15) is 56.8 Å². The number of nitrogens with zero attached hydrogens (tertiary/aromatic N) is 1. The van der Waals surface area contributed by atoms with Gasteiger partial charge in [0.25, 0.3) is 0 Å². The third-order valence-corrected chi connectivity index (χ3v) is 3.86. The molecule has 5 nitrogen and oxygen atoms in total. The second-order valence-corrected chi connectivity index (χ2v) is 6.91. The van der Waals surface area contributed by atoms with Crippen molar-refractivity contribution in [1.29, 1.82) is 0 Å². The van der Waals surface area contributed by atoms with E-state index in [1.807, 2.05) is 24.3 Å². The molecule has 1 aromatic carbocycles. The Morgan fingerprint density at radius 2 is 2.04 bits per heavy atom. The summed E-state index contributed by atoms with van der Waals surface area (Å²) >= 11 is 0. The summed E-state index contributed by atoms with van der Waals surface area (Å²) in [6.45, 7) is 6.55. The molecule has 0 spiro atoms. The molecule has 122 valence electrons. The largest absolute Gasteiger partial charge is 0.487 e. The highest BCUT2D eigenvalue weighted by molar-refractivity contribution is 5.78. The van der Waals surface area contributed by atoms with E-state index in [4.69, 9.17) is 9.15 Å². The number of hydrogen-bond donors (Lipinski definition) is 1. The standard InChI is InChI=1S/C18H22N2O3/c1-18(2,3)17-19-13(11-23-17)10-22-14-6-4-12(5-7-14)15-8-9-16(21)20-15/h4-7,11,15H,8-10H2,1-3H3,(H,20,21). The first kappa shape index (κ1) is 15.6. The minimum atomic E-state index is -0.106. The fourth-order valence-corrected chi connectivity index (χ4v) is 2.54. The van der Waals surface area contributed by atoms with Gasteiger partial charge < -0.3 is 14.5 Å². The molecule has 1 unspecified atom stereocenters. The Morgan fingerprint density at radius 1 is 1.30 bits per heavy atom. The van der Waals surface area contributed by atoms with Crippen LogP contribution in [0.3, 0.4) is 0 Å². The Hall–Kier alpha value is -2.30. The van der Waals surface area contributed by atoms with Crippen LogP contribution < -0.4 is 10.1 Å². The normalized spacial score (nSPS) is 18.0. The lowest BCUT2D eigenvalue weighted by atomic mass is 9.97. The van der Waals surface area contributed by atoms with E-state index in [1.54, 1.807) is 6.26 Å². The van der Waals surface area contributed by atoms with Gasteiger partial charge in [0.1, 0.15) is 24.3 Å². The summed E-state index contributed by atoms with van der Waals surface area (Å²) in [5.41, 5.74) is 1.78. The number of aromatic nitrogens is 1. The molecule has 1 aliphatic heterocycles. The van der Waals surface area contributed by atoms with Gasteiger partial charge in [0.05, 0.1) is 6.04 Å². The van der Waals surface area contributed by atoms with E-state index in [9.17, 15) is 4.79 Å². The zero-order valence-electron chi connectivity index (χ0n) is 13.8. The Kier molecular flexibility index (Phi) is 4.11. The predicted octanol–water partition coefficient (Wildman–Crippen LogP) is 3.50. The van der Waals surface area contributed by atoms with Gasteiger partial charge in [-0.05, 0) is 24.1 Å². The van der Waals surface area contributed by atoms with Gasteiger partial charge in [0.2, 0.25) is 5.91 Å². The quantitative estimate of drug-likeness (QED) is 0.938. The Bertz CT molecular complexity index is 683. The molecule has 5 heteroatoms. The molecule has 23 heavy (non-hydrogen) atoms. The van der Waals surface area contributed by atoms with E-state index in [0.717, 1.165) is 23.4 Å². The first-order valence-electron chi connectivity index (χ1n) is 7.89. The molecule has 2 aromatic rings. The lowest BCUT2D eigenvalue weighted by Gasteiger charge is -2.12. The lowest BCUT2D eigenvalue weighted by Crippen LogP contribution is -2.18. The van der Waals surface area contributed by atoms with Crippen LogP contribution in [0, 0.1) is 0 Å². The number of rotatable bonds is 4. The summed E-state index contributed by atoms with van der Waals surface area (Å²) in [4.78, 5) is 15.7. The number of benzene rings is 1. The molecule has 1 fully saturated rings. The van der Waals surface area contributed by atoms with Gasteiger partial charge >= 0.3 is 0 Å². The van der Waals surface area contributed by atoms with Crippen LogP contribution in [0.5, 0.6) is 5.75 Å². The van der Waals surface area contributed by atoms with Gasteiger partial charge in [0, 0.05) is 11.8 Å². The first-order valence-corrected chi connectivity index (χ1v) is 7.89. The maximum atomic E-state index is 11.3. The maximum absolute atomic E-state index is 11.3. The second kappa shape index (κ2) is 6.07. The summed E-state index contributed by atoms with van der Waals surface area (Å²) in [5, 5.41) is 2.96. The topological polar surface area (TPSA) is 64.4 Å². The molecule has 2 heterocycles. The van der Waals surface area contributed by atoms with E-state index in [-0.39, 0.29) is 17.4 Å². The molecule has 1 aliphatic rings. The molecule has 1 amide bonds. The SMILES string of the molecule is CC(C)(C)c1nc(COc2ccc(C3CCC(=O)N3)cc2)co1. The summed E-state index contributed by atoms with van der Waals surface area (Å²) in [5.74, 6) is 1.61. The highest BCUT2D eigenvalue weighted by Crippen LogP contribution is 2.26. The summed E-state index contributed by atoms with van der Waals surface area (Å²) in [6, 6.07) is 7.96. The Balaban J connectivity index is 1.58. The van der Waals surface area contributed by atoms with Crippen molar-refractivity contribution in [2.75, 3.05) is 0 Å². The molecule has 1 aromatic heterocycles. The average Bonchev–Trinajstić information content (AvgIpc) is 3.14. The zero-order valence-corrected chi connectivity index (χ0v) is 13.8. The smallest absolute Gasteiger partial charge is 0.220 e. The number of carbonyl (C=O) groups excluding carboxylic acids is 1. The molecule has 0 aliphatic carbocycles. The van der Waals surface area contributed by atoms with Crippen molar-refractivity contribution in [1.82, 2.24) is 10.3 Å². The van der Waals surface area contributed by atoms with Crippen molar-refractivity contribution in [2.24, 2.45) is 0 Å². The van der Waals surface area contributed by atoms with Gasteiger partial charge in [0.15, 0.2) is 5.89 Å². The van der Waals surface area contributed by atoms with E-state index in [1.165, 1.54) is 0 Å². The molecular formula is C18H22N2O3. The van der Waals surface area contributed by atoms with Gasteiger partial charge in [-0.2, -0.15) is 0 Å². The van der Waals surface area contributed by atoms with Crippen molar-refractivity contribution in [3.05, 3.63) is 47.7 Å². The lowest BCUT2D eigenvalue weighted by molar-refractivity contribution is -0.119. The third kappa shape index (κ3) is 3.73. The second-order valence-electron chi connectivity index (χ2n) is 6.91. The molecule has 0 bridgehead atoms. The molecule has 0 radical (unpaired) electrons. The number of hydrogen-bond acceptors (Lipinski definition) is 4. The van der Waals surface area contributed by atoms with Gasteiger partial charge in [-0.1, -0.05) is 32.9 Å². The van der Waals surface area contributed by atoms with Gasteiger partial charge in [-0.15, -0.1) is 0 Å². The highest BCUT2D eigenvalue weighted by atomic mass is 16.5. The van der Waals surface area contributed by atoms with Crippen molar-refractivity contribution in [3.8, 4) is 5.75 Å². The molecule has 3 rings (SSSR count). The van der Waals surface area contributed by atoms with Crippen LogP contribution in [0.15, 0.2) is 34.9 Å². The third-order valence-electron chi connectivity index (χ3n) is 3.86. The van der Waals surface area contributed by atoms with Crippen LogP contribution in [-0.4, -0.2) is 10.9 Å². The maximum Gasteiger partial charge on any atom is 0.220 e. The molecule has 1 N–H and O–H groups in total. The van der Waals surface area contributed by atoms with Crippen LogP contribution in [0.2, 0.25) is 0 Å². The van der Waals surface area contributed by atoms with Crippen LogP contribution in [0.4, 0.5) is 0 Å². The van der Waals surface area contributed by atoms with Gasteiger partial charge in [-0.3, -0.25) is 4.79 Å². The van der Waals surface area contributed by atoms with Crippen LogP contribution in [-0.2, 0) is 16.8 Å². The highest BCUT2D eigenvalue weighted by Gasteiger charge is 2.22. The van der Waals surface area contributed by atoms with Crippen LogP contribution in [0.25, 0.3) is 0 Å². The number of nitrogens with one attached hydrogen (secondary N) is 1. The number of oxazole rings is 1. The zero-order chi connectivity index (χ0) is 16.4. The first-order chi connectivity index (χ1) is 10.9. The van der Waals surface area contributed by atoms with E-state index < -0.39 is 0 Å². The van der Waals surface area contributed by atoms with Crippen molar-refractivity contribution < 1.29 is 13.9 Å². The van der Waals surface area contributed by atoms with Crippen molar-refractivity contribution >= 4 is 5.91 Å². The fourth-order valence-electron chi connectivity index (χ4n) is 2.54. The van der Waals surface area contributed by atoms with Gasteiger partial charge in [-0.25, -0.2) is 4.98 Å². The monoisotopic (exact) mass is 314 g/mol. The number of amides is 1. The summed E-state index contributed by atoms with van der Waals surface area (Å²) < 4.78 is 11.2. The Morgan fingerprint density at radius 3 is 2.61 bits per heavy atom. The minimum absolute atomic E-state index is 0.106. The summed E-state index contributed by atoms with van der Waals surface area (Å²) in [7, 11) is 0. The fraction of sp³-hybridized carbons (Fsp3) is 0.444. The molecule has 1 saturated heterocycles. The van der Waals surface area contributed by atoms with Crippen molar-refractivity contribution in [3.63, 3.8) is 0 Å². The van der Waals surface area contributed by atoms with E-state index >= 15 is 0 Å². The number of ether oxygens (including phenoxy) is 1. The predicted molar refractivity (Wildman–Crippen MR) is 86.1 cm³/mol. The Labute approximate surface area is 136 Å². The van der Waals surface area contributed by atoms with Crippen molar-refractivity contribution in [2.45, 2.75) is 51.7 Å². The summed E-state index contributed by atoms with van der Waals surface area (Å²) in [6.07, 6.45) is 3.10. The molecule has 1 atom stereocenters. The average molecular weight is 314 g/mol. The van der Waals surface area contributed by atoms with E-state index in [0.29, 0.717) is 18.9 Å². The molecular weight excluding hydrogens is 292 g/mol. The molecule has 0 saturated carbocycles.